The fourth-order valence-corrected chi connectivity index (χ4v) is 3.55. The smallest absolute Gasteiger partial charge is 0.338 e. The summed E-state index contributed by atoms with van der Waals surface area (Å²) in [5.74, 6) is 0.375. The molecule has 146 valence electrons. The molecule has 2 aliphatic rings. The van der Waals surface area contributed by atoms with Crippen LogP contribution in [0.25, 0.3) is 33.4 Å². The summed E-state index contributed by atoms with van der Waals surface area (Å²) in [7, 11) is 3.62. The molecule has 29 heavy (non-hydrogen) atoms. The number of esters is 1. The Morgan fingerprint density at radius 1 is 1.07 bits per heavy atom. The first-order valence-electron chi connectivity index (χ1n) is 9.54. The second-order valence-corrected chi connectivity index (χ2v) is 6.61. The topological polar surface area (TPSA) is 63.8 Å². The maximum atomic E-state index is 12.6. The van der Waals surface area contributed by atoms with Crippen LogP contribution in [0.3, 0.4) is 0 Å². The lowest BCUT2D eigenvalue weighted by Crippen LogP contribution is -2.07. The molecule has 4 rings (SSSR count). The Morgan fingerprint density at radius 2 is 1.90 bits per heavy atom. The van der Waals surface area contributed by atoms with Crippen molar-refractivity contribution >= 4 is 22.6 Å². The predicted octanol–water partition coefficient (Wildman–Crippen LogP) is 4.95. The highest BCUT2D eigenvalue weighted by Gasteiger charge is 2.21. The van der Waals surface area contributed by atoms with E-state index in [0.29, 0.717) is 17.9 Å². The molecule has 0 amide bonds. The number of nitrogens with one attached hydrogen (secondary N) is 1. The van der Waals surface area contributed by atoms with Crippen LogP contribution in [0.5, 0.6) is 0 Å². The number of benzene rings is 3. The first-order chi connectivity index (χ1) is 14.2. The molecular weight excluding hydrogens is 364 g/mol. The van der Waals surface area contributed by atoms with E-state index in [-0.39, 0.29) is 5.97 Å². The quantitative estimate of drug-likeness (QED) is 0.398. The maximum absolute atomic E-state index is 12.6. The van der Waals surface area contributed by atoms with E-state index in [2.05, 4.69) is 10.3 Å². The van der Waals surface area contributed by atoms with Crippen LogP contribution in [-0.4, -0.2) is 26.7 Å². The molecule has 0 spiro atoms. The van der Waals surface area contributed by atoms with Crippen molar-refractivity contribution in [3.8, 4) is 22.5 Å². The number of hydrogen-bond donors (Lipinski definition) is 1. The number of anilines is 1. The van der Waals surface area contributed by atoms with E-state index in [1.165, 1.54) is 0 Å². The van der Waals surface area contributed by atoms with Crippen molar-refractivity contribution in [1.82, 2.24) is 0 Å². The van der Waals surface area contributed by atoms with Crippen molar-refractivity contribution in [3.63, 3.8) is 0 Å². The molecule has 0 saturated heterocycles. The Labute approximate surface area is 169 Å². The summed E-state index contributed by atoms with van der Waals surface area (Å²) in [6.45, 7) is 2.13. The number of ether oxygens (including phenoxy) is 1. The molecule has 5 heteroatoms. The second kappa shape index (κ2) is 7.80. The van der Waals surface area contributed by atoms with E-state index >= 15 is 0 Å². The van der Waals surface area contributed by atoms with Gasteiger partial charge in [-0.1, -0.05) is 18.2 Å². The predicted molar refractivity (Wildman–Crippen MR) is 115 cm³/mol. The van der Waals surface area contributed by atoms with Crippen LogP contribution < -0.4 is 10.7 Å². The van der Waals surface area contributed by atoms with Gasteiger partial charge in [0.25, 0.3) is 0 Å². The third kappa shape index (κ3) is 3.36. The highest BCUT2D eigenvalue weighted by atomic mass is 16.5. The highest BCUT2D eigenvalue weighted by Crippen LogP contribution is 2.41. The van der Waals surface area contributed by atoms with Gasteiger partial charge >= 0.3 is 5.97 Å². The molecule has 0 atom stereocenters. The largest absolute Gasteiger partial charge is 0.462 e. The molecule has 0 radical (unpaired) electrons. The van der Waals surface area contributed by atoms with Gasteiger partial charge in [-0.3, -0.25) is 4.99 Å². The van der Waals surface area contributed by atoms with E-state index in [4.69, 9.17) is 9.15 Å². The average Bonchev–Trinajstić information content (AvgIpc) is 2.76. The van der Waals surface area contributed by atoms with Crippen molar-refractivity contribution in [1.29, 1.82) is 0 Å². The van der Waals surface area contributed by atoms with Crippen molar-refractivity contribution in [2.45, 2.75) is 6.92 Å². The Hall–Kier alpha value is -3.60. The number of nitrogens with zero attached hydrogens (tertiary/aromatic N) is 1. The van der Waals surface area contributed by atoms with E-state index in [0.717, 1.165) is 38.7 Å². The summed E-state index contributed by atoms with van der Waals surface area (Å²) < 4.78 is 11.5. The average molecular weight is 386 g/mol. The van der Waals surface area contributed by atoms with Crippen molar-refractivity contribution in [3.05, 3.63) is 71.6 Å². The van der Waals surface area contributed by atoms with Gasteiger partial charge in [0, 0.05) is 48.4 Å². The maximum Gasteiger partial charge on any atom is 0.338 e. The first kappa shape index (κ1) is 18.7. The molecule has 5 nitrogen and oxygen atoms in total. The van der Waals surface area contributed by atoms with Gasteiger partial charge in [0.2, 0.25) is 0 Å². The SMILES string of the molecule is CCOC(=O)c1ccccc1-c1c2ccc(=NC)cc-2oc2cc(NC)ccc12. The zero-order chi connectivity index (χ0) is 20.4. The lowest BCUT2D eigenvalue weighted by atomic mass is 9.90. The summed E-state index contributed by atoms with van der Waals surface area (Å²) in [5.41, 5.74) is 4.88. The molecule has 0 unspecified atom stereocenters. The Kier molecular flexibility index (Phi) is 5.04. The van der Waals surface area contributed by atoms with Gasteiger partial charge in [0.1, 0.15) is 11.3 Å². The highest BCUT2D eigenvalue weighted by molar-refractivity contribution is 6.08. The number of carbonyl (C=O) groups excluding carboxylic acids is 1. The van der Waals surface area contributed by atoms with Gasteiger partial charge in [-0.15, -0.1) is 0 Å². The molecule has 0 aromatic heterocycles. The van der Waals surface area contributed by atoms with Crippen LogP contribution in [0.4, 0.5) is 5.69 Å². The van der Waals surface area contributed by atoms with Gasteiger partial charge in [-0.05, 0) is 42.8 Å². The molecule has 0 fully saturated rings. The number of hydrogen-bond acceptors (Lipinski definition) is 5. The first-order valence-corrected chi connectivity index (χ1v) is 9.54. The van der Waals surface area contributed by atoms with Crippen LogP contribution in [0, 0.1) is 0 Å². The molecule has 0 bridgehead atoms. The van der Waals surface area contributed by atoms with E-state index in [1.807, 2.05) is 68.6 Å². The van der Waals surface area contributed by atoms with Gasteiger partial charge in [-0.2, -0.15) is 0 Å². The molecule has 2 aromatic rings. The van der Waals surface area contributed by atoms with Crippen LogP contribution in [0.15, 0.2) is 70.1 Å². The Bertz CT molecular complexity index is 1240. The lowest BCUT2D eigenvalue weighted by Gasteiger charge is -2.18. The van der Waals surface area contributed by atoms with Crippen LogP contribution in [-0.2, 0) is 4.74 Å². The van der Waals surface area contributed by atoms with Crippen molar-refractivity contribution in [2.75, 3.05) is 26.0 Å². The minimum atomic E-state index is -0.336. The van der Waals surface area contributed by atoms with Crippen molar-refractivity contribution in [2.24, 2.45) is 4.99 Å². The van der Waals surface area contributed by atoms with Crippen molar-refractivity contribution < 1.29 is 13.9 Å². The fourth-order valence-electron chi connectivity index (χ4n) is 3.55. The third-order valence-corrected chi connectivity index (χ3v) is 4.94. The summed E-state index contributed by atoms with van der Waals surface area (Å²) in [6.07, 6.45) is 0. The van der Waals surface area contributed by atoms with E-state index in [1.54, 1.807) is 13.1 Å². The summed E-state index contributed by atoms with van der Waals surface area (Å²) in [5, 5.41) is 4.90. The van der Waals surface area contributed by atoms with Crippen LogP contribution in [0.1, 0.15) is 17.3 Å². The molecule has 0 saturated carbocycles. The second-order valence-electron chi connectivity index (χ2n) is 6.61. The zero-order valence-electron chi connectivity index (χ0n) is 16.7. The molecule has 2 aromatic carbocycles. The number of carbonyl (C=O) groups is 1. The van der Waals surface area contributed by atoms with Crippen LogP contribution >= 0.6 is 0 Å². The summed E-state index contributed by atoms with van der Waals surface area (Å²) >= 11 is 0. The minimum absolute atomic E-state index is 0.325. The molecule has 1 heterocycles. The fraction of sp³-hybridized carbons (Fsp3) is 0.167. The monoisotopic (exact) mass is 386 g/mol. The molecule has 1 aliphatic heterocycles. The van der Waals surface area contributed by atoms with Gasteiger partial charge < -0.3 is 14.5 Å². The Balaban J connectivity index is 2.12. The normalized spacial score (nSPS) is 11.8. The van der Waals surface area contributed by atoms with Gasteiger partial charge in [-0.25, -0.2) is 4.79 Å². The van der Waals surface area contributed by atoms with Gasteiger partial charge in [0.15, 0.2) is 0 Å². The Morgan fingerprint density at radius 3 is 2.66 bits per heavy atom. The van der Waals surface area contributed by atoms with E-state index in [9.17, 15) is 4.79 Å². The van der Waals surface area contributed by atoms with Gasteiger partial charge in [0.05, 0.1) is 17.5 Å². The molecule has 1 aliphatic carbocycles. The number of rotatable bonds is 4. The lowest BCUT2D eigenvalue weighted by molar-refractivity contribution is 0.0527. The van der Waals surface area contributed by atoms with E-state index < -0.39 is 0 Å². The minimum Gasteiger partial charge on any atom is -0.462 e. The zero-order valence-corrected chi connectivity index (χ0v) is 16.7. The summed E-state index contributed by atoms with van der Waals surface area (Å²) in [4.78, 5) is 16.9. The number of fused-ring (bicyclic) bond motifs is 2. The summed E-state index contributed by atoms with van der Waals surface area (Å²) in [6, 6.07) is 19.3. The third-order valence-electron chi connectivity index (χ3n) is 4.94. The molecule has 1 N–H and O–H groups in total. The molecular formula is C24H22N2O3. The van der Waals surface area contributed by atoms with Crippen LogP contribution in [0.2, 0.25) is 0 Å². The standard InChI is InChI=1S/C24H22N2O3/c1-4-28-24(27)18-8-6-5-7-17(18)23-19-11-9-15(25-2)13-21(19)29-22-14-16(26-3)10-12-20(22)23/h5-14,25H,4H2,1-3H3.